The van der Waals surface area contributed by atoms with Gasteiger partial charge in [-0.05, 0) is 12.8 Å². The molecular formula is C12H21NO4. The fourth-order valence-corrected chi connectivity index (χ4v) is 1.45. The second-order valence-electron chi connectivity index (χ2n) is 3.92. The third-order valence-corrected chi connectivity index (χ3v) is 2.41. The summed E-state index contributed by atoms with van der Waals surface area (Å²) in [5.41, 5.74) is 0. The fraction of sp³-hybridized carbons (Fsp3) is 0.667. The SMILES string of the molecule is CCCCCCC=CC(CC(=O)O)C(=O)ON. The van der Waals surface area contributed by atoms with Crippen LogP contribution in [0.5, 0.6) is 0 Å². The number of aliphatic carboxylic acids is 1. The largest absolute Gasteiger partial charge is 0.481 e. The van der Waals surface area contributed by atoms with Crippen LogP contribution in [0.3, 0.4) is 0 Å². The molecule has 3 N–H and O–H groups in total. The van der Waals surface area contributed by atoms with Gasteiger partial charge in [0.25, 0.3) is 0 Å². The van der Waals surface area contributed by atoms with Crippen molar-refractivity contribution in [3.63, 3.8) is 0 Å². The molecule has 0 rings (SSSR count). The van der Waals surface area contributed by atoms with Crippen molar-refractivity contribution in [2.45, 2.75) is 45.4 Å². The van der Waals surface area contributed by atoms with Gasteiger partial charge in [-0.25, -0.2) is 4.79 Å². The summed E-state index contributed by atoms with van der Waals surface area (Å²) in [7, 11) is 0. The summed E-state index contributed by atoms with van der Waals surface area (Å²) in [5, 5.41) is 8.62. The van der Waals surface area contributed by atoms with Gasteiger partial charge in [0.15, 0.2) is 0 Å². The minimum atomic E-state index is -1.05. The van der Waals surface area contributed by atoms with Gasteiger partial charge in [-0.2, -0.15) is 5.90 Å². The average molecular weight is 243 g/mol. The number of hydrogen-bond donors (Lipinski definition) is 2. The molecule has 0 aromatic rings. The monoisotopic (exact) mass is 243 g/mol. The summed E-state index contributed by atoms with van der Waals surface area (Å²) in [6.45, 7) is 2.13. The van der Waals surface area contributed by atoms with Crippen molar-refractivity contribution in [3.8, 4) is 0 Å². The van der Waals surface area contributed by atoms with E-state index >= 15 is 0 Å². The first kappa shape index (κ1) is 15.6. The summed E-state index contributed by atoms with van der Waals surface area (Å²) < 4.78 is 0. The van der Waals surface area contributed by atoms with Crippen molar-refractivity contribution in [2.75, 3.05) is 0 Å². The molecule has 0 aromatic heterocycles. The van der Waals surface area contributed by atoms with E-state index in [0.29, 0.717) is 0 Å². The molecule has 5 heteroatoms. The molecule has 5 nitrogen and oxygen atoms in total. The van der Waals surface area contributed by atoms with Crippen LogP contribution in [0.1, 0.15) is 45.4 Å². The Balaban J connectivity index is 4.01. The normalized spacial score (nSPS) is 12.6. The lowest BCUT2D eigenvalue weighted by molar-refractivity contribution is -0.151. The first-order chi connectivity index (χ1) is 8.11. The van der Waals surface area contributed by atoms with Crippen LogP contribution in [0.15, 0.2) is 12.2 Å². The van der Waals surface area contributed by atoms with Gasteiger partial charge in [0.2, 0.25) is 0 Å². The maximum Gasteiger partial charge on any atom is 0.331 e. The number of unbranched alkanes of at least 4 members (excludes halogenated alkanes) is 4. The first-order valence-electron chi connectivity index (χ1n) is 5.90. The van der Waals surface area contributed by atoms with Crippen LogP contribution in [0, 0.1) is 5.92 Å². The van der Waals surface area contributed by atoms with Crippen molar-refractivity contribution in [1.82, 2.24) is 0 Å². The Bertz CT molecular complexity index is 263. The number of allylic oxidation sites excluding steroid dienone is 1. The lowest BCUT2D eigenvalue weighted by Crippen LogP contribution is -2.21. The van der Waals surface area contributed by atoms with E-state index in [1.807, 2.05) is 6.08 Å². The minimum absolute atomic E-state index is 0.290. The highest BCUT2D eigenvalue weighted by Crippen LogP contribution is 2.09. The fourth-order valence-electron chi connectivity index (χ4n) is 1.45. The average Bonchev–Trinajstić information content (AvgIpc) is 2.30. The van der Waals surface area contributed by atoms with Gasteiger partial charge < -0.3 is 9.94 Å². The Hall–Kier alpha value is -1.36. The molecule has 0 aliphatic heterocycles. The van der Waals surface area contributed by atoms with Gasteiger partial charge >= 0.3 is 11.9 Å². The number of rotatable bonds is 9. The van der Waals surface area contributed by atoms with Crippen molar-refractivity contribution >= 4 is 11.9 Å². The van der Waals surface area contributed by atoms with Gasteiger partial charge in [-0.1, -0.05) is 38.3 Å². The van der Waals surface area contributed by atoms with Crippen molar-refractivity contribution < 1.29 is 19.5 Å². The van der Waals surface area contributed by atoms with Crippen molar-refractivity contribution in [1.29, 1.82) is 0 Å². The van der Waals surface area contributed by atoms with E-state index in [2.05, 4.69) is 11.8 Å². The standard InChI is InChI=1S/C12H21NO4/c1-2-3-4-5-6-7-8-10(9-11(14)15)12(16)17-13/h7-8,10H,2-6,9,13H2,1H3,(H,14,15). The maximum atomic E-state index is 11.2. The third-order valence-electron chi connectivity index (χ3n) is 2.41. The third kappa shape index (κ3) is 8.45. The minimum Gasteiger partial charge on any atom is -0.481 e. The topological polar surface area (TPSA) is 89.6 Å². The highest BCUT2D eigenvalue weighted by Gasteiger charge is 2.19. The van der Waals surface area contributed by atoms with Crippen LogP contribution in [0.4, 0.5) is 0 Å². The molecule has 98 valence electrons. The van der Waals surface area contributed by atoms with E-state index in [9.17, 15) is 9.59 Å². The summed E-state index contributed by atoms with van der Waals surface area (Å²) in [6.07, 6.45) is 8.49. The molecule has 0 aliphatic carbocycles. The lowest BCUT2D eigenvalue weighted by Gasteiger charge is -2.06. The van der Waals surface area contributed by atoms with Gasteiger partial charge in [0.05, 0.1) is 12.3 Å². The molecule has 0 aromatic carbocycles. The molecule has 0 amide bonds. The Labute approximate surface area is 102 Å². The summed E-state index contributed by atoms with van der Waals surface area (Å²) >= 11 is 0. The van der Waals surface area contributed by atoms with E-state index in [1.165, 1.54) is 12.8 Å². The Morgan fingerprint density at radius 3 is 2.59 bits per heavy atom. The molecule has 0 radical (unpaired) electrons. The molecule has 0 saturated heterocycles. The number of carboxylic acid groups (broad SMARTS) is 1. The van der Waals surface area contributed by atoms with Crippen molar-refractivity contribution in [3.05, 3.63) is 12.2 Å². The number of hydrogen-bond acceptors (Lipinski definition) is 4. The predicted molar refractivity (Wildman–Crippen MR) is 63.9 cm³/mol. The predicted octanol–water partition coefficient (Wildman–Crippen LogP) is 2.02. The molecule has 0 saturated carbocycles. The van der Waals surface area contributed by atoms with Gasteiger partial charge in [0, 0.05) is 0 Å². The maximum absolute atomic E-state index is 11.2. The van der Waals surface area contributed by atoms with E-state index in [1.54, 1.807) is 6.08 Å². The molecular weight excluding hydrogens is 222 g/mol. The molecule has 0 spiro atoms. The van der Waals surface area contributed by atoms with Crippen LogP contribution in [0.25, 0.3) is 0 Å². The quantitative estimate of drug-likeness (QED) is 0.367. The number of carbonyl (C=O) groups excluding carboxylic acids is 1. The second kappa shape index (κ2) is 9.84. The number of carboxylic acids is 1. The first-order valence-corrected chi connectivity index (χ1v) is 5.90. The van der Waals surface area contributed by atoms with E-state index in [-0.39, 0.29) is 6.42 Å². The zero-order chi connectivity index (χ0) is 13.1. The Morgan fingerprint density at radius 1 is 1.35 bits per heavy atom. The van der Waals surface area contributed by atoms with Crippen LogP contribution in [0.2, 0.25) is 0 Å². The van der Waals surface area contributed by atoms with E-state index < -0.39 is 17.9 Å². The zero-order valence-electron chi connectivity index (χ0n) is 10.2. The van der Waals surface area contributed by atoms with Crippen LogP contribution >= 0.6 is 0 Å². The molecule has 0 bridgehead atoms. The zero-order valence-corrected chi connectivity index (χ0v) is 10.2. The Morgan fingerprint density at radius 2 is 2.06 bits per heavy atom. The molecule has 17 heavy (non-hydrogen) atoms. The van der Waals surface area contributed by atoms with E-state index in [0.717, 1.165) is 19.3 Å². The van der Waals surface area contributed by atoms with Crippen LogP contribution in [-0.4, -0.2) is 17.0 Å². The highest BCUT2D eigenvalue weighted by molar-refractivity contribution is 5.80. The number of carbonyl (C=O) groups is 2. The Kier molecular flexibility index (Phi) is 9.05. The van der Waals surface area contributed by atoms with Crippen LogP contribution in [-0.2, 0) is 14.4 Å². The smallest absolute Gasteiger partial charge is 0.331 e. The van der Waals surface area contributed by atoms with Gasteiger partial charge in [0.1, 0.15) is 0 Å². The number of nitrogens with two attached hydrogens (primary N) is 1. The summed E-state index contributed by atoms with van der Waals surface area (Å²) in [4.78, 5) is 25.7. The van der Waals surface area contributed by atoms with Gasteiger partial charge in [-0.3, -0.25) is 4.79 Å². The molecule has 0 aliphatic rings. The lowest BCUT2D eigenvalue weighted by atomic mass is 10.0. The molecule has 1 atom stereocenters. The van der Waals surface area contributed by atoms with E-state index in [4.69, 9.17) is 11.0 Å². The summed E-state index contributed by atoms with van der Waals surface area (Å²) in [5.74, 6) is 2.20. The van der Waals surface area contributed by atoms with Crippen molar-refractivity contribution in [2.24, 2.45) is 11.8 Å². The molecule has 0 fully saturated rings. The van der Waals surface area contributed by atoms with Crippen LogP contribution < -0.4 is 5.90 Å². The summed E-state index contributed by atoms with van der Waals surface area (Å²) in [6, 6.07) is 0. The highest BCUT2D eigenvalue weighted by atomic mass is 16.7. The molecule has 0 heterocycles. The second-order valence-corrected chi connectivity index (χ2v) is 3.92. The van der Waals surface area contributed by atoms with Gasteiger partial charge in [-0.15, -0.1) is 0 Å². The molecule has 1 unspecified atom stereocenters.